The lowest BCUT2D eigenvalue weighted by Gasteiger charge is -2.30. The molecule has 1 unspecified atom stereocenters. The van der Waals surface area contributed by atoms with Crippen molar-refractivity contribution in [2.24, 2.45) is 5.92 Å². The van der Waals surface area contributed by atoms with Crippen molar-refractivity contribution in [1.82, 2.24) is 10.2 Å². The van der Waals surface area contributed by atoms with Crippen molar-refractivity contribution in [3.63, 3.8) is 0 Å². The van der Waals surface area contributed by atoms with Gasteiger partial charge in [-0.2, -0.15) is 0 Å². The Morgan fingerprint density at radius 3 is 2.12 bits per heavy atom. The minimum atomic E-state index is -0.957. The lowest BCUT2D eigenvalue weighted by Crippen LogP contribution is -2.52. The third kappa shape index (κ3) is 5.02. The summed E-state index contributed by atoms with van der Waals surface area (Å²) in [5, 5.41) is 11.8. The summed E-state index contributed by atoms with van der Waals surface area (Å²) in [6.07, 6.45) is 0.950. The molecule has 0 saturated heterocycles. The molecule has 2 aliphatic carbocycles. The number of carboxylic acid groups (broad SMARTS) is 1. The van der Waals surface area contributed by atoms with Crippen LogP contribution in [0.5, 0.6) is 0 Å². The quantitative estimate of drug-likeness (QED) is 0.602. The Labute approximate surface area is 193 Å². The predicted octanol–water partition coefficient (Wildman–Crippen LogP) is 4.02. The molecular weight excluding hydrogens is 420 g/mol. The van der Waals surface area contributed by atoms with Crippen LogP contribution in [0.15, 0.2) is 48.5 Å². The number of hydrogen-bond donors (Lipinski definition) is 2. The number of alkyl carbamates (subject to hydrolysis) is 1. The molecule has 2 aromatic carbocycles. The number of carbonyl (C=O) groups is 3. The van der Waals surface area contributed by atoms with Crippen molar-refractivity contribution in [2.75, 3.05) is 13.2 Å². The van der Waals surface area contributed by atoms with Crippen molar-refractivity contribution >= 4 is 18.0 Å². The molecule has 7 nitrogen and oxygen atoms in total. The topological polar surface area (TPSA) is 95.9 Å². The first-order valence-corrected chi connectivity index (χ1v) is 11.5. The average Bonchev–Trinajstić information content (AvgIpc) is 3.58. The summed E-state index contributed by atoms with van der Waals surface area (Å²) in [6.45, 7) is 3.98. The van der Waals surface area contributed by atoms with E-state index in [4.69, 9.17) is 9.84 Å². The minimum absolute atomic E-state index is 0.0547. The molecular formula is C26H30N2O5. The number of nitrogens with one attached hydrogen (secondary N) is 1. The third-order valence-corrected chi connectivity index (χ3v) is 6.45. The highest BCUT2D eigenvalue weighted by Gasteiger charge is 2.40. The molecule has 7 heteroatoms. The molecule has 1 fully saturated rings. The summed E-state index contributed by atoms with van der Waals surface area (Å²) < 4.78 is 5.62. The Balaban J connectivity index is 1.42. The van der Waals surface area contributed by atoms with Gasteiger partial charge in [-0.1, -0.05) is 48.5 Å². The van der Waals surface area contributed by atoms with E-state index in [1.165, 1.54) is 4.90 Å². The molecule has 1 saturated carbocycles. The van der Waals surface area contributed by atoms with Crippen LogP contribution in [0.1, 0.15) is 50.2 Å². The zero-order chi connectivity index (χ0) is 23.5. The van der Waals surface area contributed by atoms with E-state index in [1.54, 1.807) is 0 Å². The van der Waals surface area contributed by atoms with Gasteiger partial charge in [0.2, 0.25) is 5.91 Å². The van der Waals surface area contributed by atoms with Crippen LogP contribution < -0.4 is 5.32 Å². The number of amides is 2. The zero-order valence-electron chi connectivity index (χ0n) is 19.0. The predicted molar refractivity (Wildman–Crippen MR) is 124 cm³/mol. The summed E-state index contributed by atoms with van der Waals surface area (Å²) in [4.78, 5) is 38.4. The standard InChI is InChI=1S/C26H30N2O5/c1-16(2)28(14-13-23(29)30)25(31)24(17-11-12-17)27-26(32)33-15-22-20-9-5-3-7-18(20)19-8-4-6-10-21(19)22/h3-10,16-17,22,24H,11-15H2,1-2H3,(H,27,32)(H,29,30). The molecule has 2 N–H and O–H groups in total. The number of hydrogen-bond acceptors (Lipinski definition) is 4. The monoisotopic (exact) mass is 450 g/mol. The van der Waals surface area contributed by atoms with E-state index in [1.807, 2.05) is 38.1 Å². The van der Waals surface area contributed by atoms with E-state index in [2.05, 4.69) is 29.6 Å². The zero-order valence-corrected chi connectivity index (χ0v) is 19.0. The lowest BCUT2D eigenvalue weighted by molar-refractivity contribution is -0.140. The summed E-state index contributed by atoms with van der Waals surface area (Å²) in [5.41, 5.74) is 4.56. The Morgan fingerprint density at radius 1 is 1.03 bits per heavy atom. The Bertz CT molecular complexity index is 1000. The fraction of sp³-hybridized carbons (Fsp3) is 0.423. The van der Waals surface area contributed by atoms with Crippen molar-refractivity contribution < 1.29 is 24.2 Å². The average molecular weight is 451 g/mol. The number of benzene rings is 2. The van der Waals surface area contributed by atoms with Gasteiger partial charge in [-0.3, -0.25) is 9.59 Å². The van der Waals surface area contributed by atoms with Crippen LogP contribution in [-0.4, -0.2) is 53.2 Å². The third-order valence-electron chi connectivity index (χ3n) is 6.45. The van der Waals surface area contributed by atoms with Gasteiger partial charge in [-0.25, -0.2) is 4.79 Å². The summed E-state index contributed by atoms with van der Waals surface area (Å²) in [5.74, 6) is -1.20. The molecule has 0 radical (unpaired) electrons. The minimum Gasteiger partial charge on any atom is -0.481 e. The fourth-order valence-electron chi connectivity index (χ4n) is 4.60. The Hall–Kier alpha value is -3.35. The van der Waals surface area contributed by atoms with E-state index < -0.39 is 18.1 Å². The summed E-state index contributed by atoms with van der Waals surface area (Å²) >= 11 is 0. The van der Waals surface area contributed by atoms with Crippen LogP contribution in [0.25, 0.3) is 11.1 Å². The number of carboxylic acids is 1. The molecule has 2 aliphatic rings. The van der Waals surface area contributed by atoms with Crippen molar-refractivity contribution in [3.05, 3.63) is 59.7 Å². The molecule has 0 aliphatic heterocycles. The molecule has 0 aromatic heterocycles. The van der Waals surface area contributed by atoms with Gasteiger partial charge in [0.05, 0.1) is 6.42 Å². The molecule has 174 valence electrons. The van der Waals surface area contributed by atoms with E-state index in [0.29, 0.717) is 0 Å². The highest BCUT2D eigenvalue weighted by molar-refractivity contribution is 5.87. The number of nitrogens with zero attached hydrogens (tertiary/aromatic N) is 1. The van der Waals surface area contributed by atoms with Crippen LogP contribution in [0.2, 0.25) is 0 Å². The second-order valence-corrected chi connectivity index (χ2v) is 9.05. The molecule has 2 amide bonds. The Morgan fingerprint density at radius 2 is 1.61 bits per heavy atom. The molecule has 4 rings (SSSR count). The van der Waals surface area contributed by atoms with Gasteiger partial charge in [0.15, 0.2) is 0 Å². The van der Waals surface area contributed by atoms with E-state index in [9.17, 15) is 14.4 Å². The maximum absolute atomic E-state index is 13.2. The maximum Gasteiger partial charge on any atom is 0.407 e. The first-order chi connectivity index (χ1) is 15.9. The SMILES string of the molecule is CC(C)N(CCC(=O)O)C(=O)C(NC(=O)OCC1c2ccccc2-c2ccccc21)C1CC1. The maximum atomic E-state index is 13.2. The van der Waals surface area contributed by atoms with Crippen molar-refractivity contribution in [3.8, 4) is 11.1 Å². The molecule has 2 aromatic rings. The second kappa shape index (κ2) is 9.65. The van der Waals surface area contributed by atoms with Gasteiger partial charge >= 0.3 is 12.1 Å². The lowest BCUT2D eigenvalue weighted by atomic mass is 9.98. The summed E-state index contributed by atoms with van der Waals surface area (Å²) in [7, 11) is 0. The number of fused-ring (bicyclic) bond motifs is 3. The normalized spacial score (nSPS) is 15.5. The van der Waals surface area contributed by atoms with E-state index in [0.717, 1.165) is 35.1 Å². The van der Waals surface area contributed by atoms with Gasteiger partial charge in [0.25, 0.3) is 0 Å². The molecule has 0 bridgehead atoms. The highest BCUT2D eigenvalue weighted by atomic mass is 16.5. The number of rotatable bonds is 9. The fourth-order valence-corrected chi connectivity index (χ4v) is 4.60. The molecule has 1 atom stereocenters. The van der Waals surface area contributed by atoms with E-state index in [-0.39, 0.29) is 43.4 Å². The smallest absolute Gasteiger partial charge is 0.407 e. The van der Waals surface area contributed by atoms with Crippen LogP contribution >= 0.6 is 0 Å². The van der Waals surface area contributed by atoms with E-state index >= 15 is 0 Å². The van der Waals surface area contributed by atoms with Gasteiger partial charge in [-0.05, 0) is 54.9 Å². The molecule has 0 heterocycles. The van der Waals surface area contributed by atoms with Gasteiger partial charge in [0.1, 0.15) is 12.6 Å². The van der Waals surface area contributed by atoms with Crippen LogP contribution in [-0.2, 0) is 14.3 Å². The number of ether oxygens (including phenoxy) is 1. The van der Waals surface area contributed by atoms with Gasteiger partial charge in [0, 0.05) is 18.5 Å². The van der Waals surface area contributed by atoms with Crippen molar-refractivity contribution in [2.45, 2.75) is 51.1 Å². The van der Waals surface area contributed by atoms with Gasteiger partial charge in [-0.15, -0.1) is 0 Å². The summed E-state index contributed by atoms with van der Waals surface area (Å²) in [6, 6.07) is 15.4. The Kier molecular flexibility index (Phi) is 6.67. The number of aliphatic carboxylic acids is 1. The second-order valence-electron chi connectivity index (χ2n) is 9.05. The first-order valence-electron chi connectivity index (χ1n) is 11.5. The first kappa shape index (κ1) is 22.8. The van der Waals surface area contributed by atoms with Crippen LogP contribution in [0.4, 0.5) is 4.79 Å². The van der Waals surface area contributed by atoms with Crippen LogP contribution in [0.3, 0.4) is 0 Å². The van der Waals surface area contributed by atoms with Crippen LogP contribution in [0, 0.1) is 5.92 Å². The number of carbonyl (C=O) groups excluding carboxylic acids is 2. The van der Waals surface area contributed by atoms with Crippen molar-refractivity contribution in [1.29, 1.82) is 0 Å². The highest BCUT2D eigenvalue weighted by Crippen LogP contribution is 2.44. The molecule has 0 spiro atoms. The van der Waals surface area contributed by atoms with Gasteiger partial charge < -0.3 is 20.1 Å². The largest absolute Gasteiger partial charge is 0.481 e. The molecule has 33 heavy (non-hydrogen) atoms.